The molecule has 0 radical (unpaired) electrons. The summed E-state index contributed by atoms with van der Waals surface area (Å²) in [4.78, 5) is 0. The van der Waals surface area contributed by atoms with Crippen molar-refractivity contribution in [3.05, 3.63) is 186 Å². The molecule has 0 saturated carbocycles. The Morgan fingerprint density at radius 2 is 1.36 bits per heavy atom. The Bertz CT molecular complexity index is 2770. The Labute approximate surface area is 324 Å². The predicted octanol–water partition coefficient (Wildman–Crippen LogP) is 14.5. The normalized spacial score (nSPS) is 18.4. The molecule has 10 rings (SSSR count). The van der Waals surface area contributed by atoms with E-state index in [0.717, 1.165) is 24.2 Å². The largest absolute Gasteiger partial charge is 0.355 e. The maximum Gasteiger partial charge on any atom is 0.0541 e. The summed E-state index contributed by atoms with van der Waals surface area (Å²) >= 11 is 0. The van der Waals surface area contributed by atoms with Crippen molar-refractivity contribution in [2.75, 3.05) is 5.32 Å². The Balaban J connectivity index is 1.04. The molecule has 3 aliphatic rings. The highest BCUT2D eigenvalue weighted by molar-refractivity contribution is 6.10. The third kappa shape index (κ3) is 5.71. The van der Waals surface area contributed by atoms with Crippen LogP contribution in [0.5, 0.6) is 0 Å². The number of aromatic nitrogens is 1. The highest BCUT2D eigenvalue weighted by atomic mass is 15.0. The molecule has 268 valence electrons. The van der Waals surface area contributed by atoms with Crippen molar-refractivity contribution < 1.29 is 0 Å². The van der Waals surface area contributed by atoms with Gasteiger partial charge in [-0.25, -0.2) is 0 Å². The zero-order chi connectivity index (χ0) is 37.3. The molecule has 2 atom stereocenters. The van der Waals surface area contributed by atoms with Gasteiger partial charge in [-0.15, -0.1) is 0 Å². The van der Waals surface area contributed by atoms with E-state index >= 15 is 0 Å². The summed E-state index contributed by atoms with van der Waals surface area (Å²) in [5.74, 6) is 1.07. The zero-order valence-electron chi connectivity index (χ0n) is 32.1. The second-order valence-electron chi connectivity index (χ2n) is 16.4. The van der Waals surface area contributed by atoms with Crippen LogP contribution in [0.4, 0.5) is 11.4 Å². The first-order chi connectivity index (χ1) is 26.8. The van der Waals surface area contributed by atoms with Crippen LogP contribution in [0, 0.1) is 11.8 Å². The maximum absolute atomic E-state index is 3.90. The number of allylic oxidation sites excluding steroid dienone is 8. The summed E-state index contributed by atoms with van der Waals surface area (Å²) in [6.07, 6.45) is 13.9. The van der Waals surface area contributed by atoms with Gasteiger partial charge in [0, 0.05) is 38.8 Å². The number of hydrogen-bond acceptors (Lipinski definition) is 1. The van der Waals surface area contributed by atoms with Gasteiger partial charge in [-0.1, -0.05) is 137 Å². The monoisotopic (exact) mass is 710 g/mol. The molecule has 0 fully saturated rings. The Morgan fingerprint density at radius 3 is 2.20 bits per heavy atom. The average molecular weight is 711 g/mol. The van der Waals surface area contributed by atoms with Crippen LogP contribution in [0.2, 0.25) is 0 Å². The van der Waals surface area contributed by atoms with Crippen molar-refractivity contribution in [1.29, 1.82) is 0 Å². The number of benzene rings is 6. The van der Waals surface area contributed by atoms with Crippen LogP contribution in [0.25, 0.3) is 60.9 Å². The second-order valence-corrected chi connectivity index (χ2v) is 16.4. The summed E-state index contributed by atoms with van der Waals surface area (Å²) in [7, 11) is 0. The molecule has 0 bridgehead atoms. The van der Waals surface area contributed by atoms with E-state index in [2.05, 4.69) is 201 Å². The average Bonchev–Trinajstić information content (AvgIpc) is 3.65. The number of hydrogen-bond donors (Lipinski definition) is 1. The van der Waals surface area contributed by atoms with Crippen LogP contribution < -0.4 is 5.32 Å². The fourth-order valence-corrected chi connectivity index (χ4v) is 9.36. The molecule has 55 heavy (non-hydrogen) atoms. The molecule has 6 aromatic carbocycles. The topological polar surface area (TPSA) is 17.0 Å². The van der Waals surface area contributed by atoms with Crippen molar-refractivity contribution in [2.24, 2.45) is 11.8 Å². The summed E-state index contributed by atoms with van der Waals surface area (Å²) < 4.78 is 2.41. The highest BCUT2D eigenvalue weighted by Gasteiger charge is 2.39. The standard InChI is InChI=1S/C53H46N2/c1-34-11-10-14-40(29-34)45-31-38(20-27-50(45)54-41-22-25-43-46-30-35(2)17-26-48(46)53(3,4)49(43)33-41)39-21-28-52-47(32-39)44-15-8-9-16-51(44)55(52)42-23-18-37(19-24-42)36-12-6-5-7-13-36/h5-16,18-28,30-35,54H,17,29H2,1-4H3. The molecular formula is C53H46N2. The third-order valence-corrected chi connectivity index (χ3v) is 12.3. The van der Waals surface area contributed by atoms with E-state index in [1.165, 1.54) is 83.2 Å². The van der Waals surface area contributed by atoms with Crippen molar-refractivity contribution in [3.63, 3.8) is 0 Å². The summed E-state index contributed by atoms with van der Waals surface area (Å²) in [6.45, 7) is 9.40. The van der Waals surface area contributed by atoms with Gasteiger partial charge in [0.05, 0.1) is 11.0 Å². The zero-order valence-corrected chi connectivity index (χ0v) is 32.1. The molecule has 7 aromatic rings. The van der Waals surface area contributed by atoms with Crippen LogP contribution in [0.3, 0.4) is 0 Å². The summed E-state index contributed by atoms with van der Waals surface area (Å²) in [5, 5.41) is 6.43. The lowest BCUT2D eigenvalue weighted by atomic mass is 9.79. The first-order valence-electron chi connectivity index (χ1n) is 19.9. The van der Waals surface area contributed by atoms with E-state index in [0.29, 0.717) is 11.8 Å². The van der Waals surface area contributed by atoms with Gasteiger partial charge >= 0.3 is 0 Å². The smallest absolute Gasteiger partial charge is 0.0541 e. The molecule has 2 heteroatoms. The SMILES string of the molecule is CC1C=C2C(=CC1)C(C)(C)c1cc(Nc3ccc(-c4ccc5c(c4)c4ccccc4n5-c4ccc(-c5ccccc5)cc4)cc3C3=CC=CC(C)C3)ccc12. The van der Waals surface area contributed by atoms with Gasteiger partial charge in [-0.2, -0.15) is 0 Å². The molecular weight excluding hydrogens is 665 g/mol. The summed E-state index contributed by atoms with van der Waals surface area (Å²) in [5.41, 5.74) is 19.1. The van der Waals surface area contributed by atoms with E-state index in [4.69, 9.17) is 0 Å². The van der Waals surface area contributed by atoms with Crippen LogP contribution >= 0.6 is 0 Å². The molecule has 1 N–H and O–H groups in total. The van der Waals surface area contributed by atoms with Crippen LogP contribution in [-0.2, 0) is 5.41 Å². The number of nitrogens with zero attached hydrogens (tertiary/aromatic N) is 1. The molecule has 0 spiro atoms. The maximum atomic E-state index is 3.90. The molecule has 0 amide bonds. The fourth-order valence-electron chi connectivity index (χ4n) is 9.36. The fraction of sp³-hybridized carbons (Fsp3) is 0.170. The van der Waals surface area contributed by atoms with Gasteiger partial charge in [0.15, 0.2) is 0 Å². The molecule has 2 unspecified atom stereocenters. The molecule has 1 aromatic heterocycles. The van der Waals surface area contributed by atoms with E-state index in [9.17, 15) is 0 Å². The van der Waals surface area contributed by atoms with E-state index in [1.807, 2.05) is 0 Å². The Morgan fingerprint density at radius 1 is 0.636 bits per heavy atom. The van der Waals surface area contributed by atoms with Gasteiger partial charge in [-0.3, -0.25) is 0 Å². The third-order valence-electron chi connectivity index (χ3n) is 12.3. The van der Waals surface area contributed by atoms with Crippen LogP contribution in [-0.4, -0.2) is 4.57 Å². The molecule has 1 heterocycles. The molecule has 3 aliphatic carbocycles. The minimum Gasteiger partial charge on any atom is -0.355 e. The number of nitrogens with one attached hydrogen (secondary N) is 1. The van der Waals surface area contributed by atoms with Gasteiger partial charge in [-0.05, 0) is 129 Å². The number of rotatable bonds is 6. The van der Waals surface area contributed by atoms with Crippen molar-refractivity contribution in [1.82, 2.24) is 4.57 Å². The lowest BCUT2D eigenvalue weighted by Crippen LogP contribution is -2.16. The molecule has 2 nitrogen and oxygen atoms in total. The van der Waals surface area contributed by atoms with Crippen molar-refractivity contribution >= 4 is 44.3 Å². The number of fused-ring (bicyclic) bond motifs is 6. The van der Waals surface area contributed by atoms with Crippen molar-refractivity contribution in [3.8, 4) is 27.9 Å². The van der Waals surface area contributed by atoms with Gasteiger partial charge in [0.25, 0.3) is 0 Å². The van der Waals surface area contributed by atoms with Crippen molar-refractivity contribution in [2.45, 2.75) is 46.0 Å². The second kappa shape index (κ2) is 13.0. The first kappa shape index (κ1) is 33.4. The van der Waals surface area contributed by atoms with E-state index in [1.54, 1.807) is 0 Å². The molecule has 0 saturated heterocycles. The lowest BCUT2D eigenvalue weighted by Gasteiger charge is -2.25. The predicted molar refractivity (Wildman–Crippen MR) is 235 cm³/mol. The van der Waals surface area contributed by atoms with Crippen LogP contribution in [0.15, 0.2) is 169 Å². The minimum atomic E-state index is -0.00874. The summed E-state index contributed by atoms with van der Waals surface area (Å²) in [6, 6.07) is 49.4. The minimum absolute atomic E-state index is 0.00874. The Hall–Kier alpha value is -6.12. The Kier molecular flexibility index (Phi) is 7.92. The lowest BCUT2D eigenvalue weighted by molar-refractivity contribution is 0.641. The van der Waals surface area contributed by atoms with Gasteiger partial charge in [0.1, 0.15) is 0 Å². The van der Waals surface area contributed by atoms with E-state index in [-0.39, 0.29) is 5.41 Å². The molecule has 0 aliphatic heterocycles. The van der Waals surface area contributed by atoms with Gasteiger partial charge in [0.2, 0.25) is 0 Å². The quantitative estimate of drug-likeness (QED) is 0.182. The number of para-hydroxylation sites is 1. The number of anilines is 2. The van der Waals surface area contributed by atoms with E-state index < -0.39 is 0 Å². The van der Waals surface area contributed by atoms with Gasteiger partial charge < -0.3 is 9.88 Å². The first-order valence-corrected chi connectivity index (χ1v) is 19.9. The highest BCUT2D eigenvalue weighted by Crippen LogP contribution is 2.53. The van der Waals surface area contributed by atoms with Crippen LogP contribution in [0.1, 0.15) is 57.2 Å².